The fraction of sp³-hybridized carbons (Fsp3) is 0.571. The van der Waals surface area contributed by atoms with Gasteiger partial charge >= 0.3 is 0 Å². The second-order valence-corrected chi connectivity index (χ2v) is 6.45. The largest absolute Gasteiger partial charge is 0.313 e. The molecule has 17 heavy (non-hydrogen) atoms. The van der Waals surface area contributed by atoms with Gasteiger partial charge in [-0.05, 0) is 43.5 Å². The molecule has 0 amide bonds. The summed E-state index contributed by atoms with van der Waals surface area (Å²) >= 11 is 0. The minimum absolute atomic E-state index is 0.278. The van der Waals surface area contributed by atoms with E-state index < -0.39 is 10.8 Å². The normalized spacial score (nSPS) is 14.6. The zero-order valence-corrected chi connectivity index (χ0v) is 12.1. The van der Waals surface area contributed by atoms with Crippen molar-refractivity contribution in [3.63, 3.8) is 0 Å². The van der Waals surface area contributed by atoms with Gasteiger partial charge in [-0.25, -0.2) is 0 Å². The number of hydrogen-bond donors (Lipinski definition) is 1. The van der Waals surface area contributed by atoms with E-state index in [9.17, 15) is 4.21 Å². The van der Waals surface area contributed by atoms with E-state index in [1.165, 1.54) is 16.7 Å². The van der Waals surface area contributed by atoms with Gasteiger partial charge in [0.1, 0.15) is 0 Å². The van der Waals surface area contributed by atoms with Gasteiger partial charge in [-0.3, -0.25) is 4.21 Å². The van der Waals surface area contributed by atoms with E-state index in [-0.39, 0.29) is 5.25 Å². The molecule has 0 fully saturated rings. The third-order valence-corrected chi connectivity index (χ3v) is 4.61. The molecule has 1 aromatic rings. The Labute approximate surface area is 107 Å². The van der Waals surface area contributed by atoms with E-state index in [1.807, 2.05) is 6.92 Å². The molecule has 0 heterocycles. The Bertz CT molecular complexity index is 370. The van der Waals surface area contributed by atoms with Gasteiger partial charge in [-0.15, -0.1) is 0 Å². The third kappa shape index (κ3) is 4.60. The molecule has 2 atom stereocenters. The maximum atomic E-state index is 11.2. The zero-order valence-electron chi connectivity index (χ0n) is 11.2. The van der Waals surface area contributed by atoms with Gasteiger partial charge in [0.25, 0.3) is 0 Å². The highest BCUT2D eigenvalue weighted by atomic mass is 32.2. The molecule has 1 aromatic carbocycles. The minimum atomic E-state index is -0.707. The van der Waals surface area contributed by atoms with Crippen LogP contribution in [0.1, 0.15) is 30.0 Å². The zero-order chi connectivity index (χ0) is 12.8. The van der Waals surface area contributed by atoms with Crippen LogP contribution in [0.2, 0.25) is 0 Å². The number of nitrogens with one attached hydrogen (secondary N) is 1. The van der Waals surface area contributed by atoms with Gasteiger partial charge in [0.15, 0.2) is 0 Å². The molecule has 0 radical (unpaired) electrons. The lowest BCUT2D eigenvalue weighted by Crippen LogP contribution is -2.21. The minimum Gasteiger partial charge on any atom is -0.313 e. The quantitative estimate of drug-likeness (QED) is 0.789. The van der Waals surface area contributed by atoms with Crippen molar-refractivity contribution < 1.29 is 4.21 Å². The number of hydrogen-bond acceptors (Lipinski definition) is 2. The van der Waals surface area contributed by atoms with Crippen molar-refractivity contribution in [3.05, 3.63) is 34.9 Å². The van der Waals surface area contributed by atoms with Crippen molar-refractivity contribution in [2.45, 2.75) is 39.0 Å². The highest BCUT2D eigenvalue weighted by Crippen LogP contribution is 2.12. The molecule has 0 aromatic heterocycles. The van der Waals surface area contributed by atoms with Crippen LogP contribution in [0, 0.1) is 13.8 Å². The van der Waals surface area contributed by atoms with Crippen molar-refractivity contribution in [3.8, 4) is 0 Å². The lowest BCUT2D eigenvalue weighted by Gasteiger charge is -2.12. The van der Waals surface area contributed by atoms with E-state index in [1.54, 1.807) is 6.26 Å². The van der Waals surface area contributed by atoms with Crippen LogP contribution in [0.4, 0.5) is 0 Å². The average Bonchev–Trinajstić information content (AvgIpc) is 2.27. The smallest absolute Gasteiger partial charge is 0.0329 e. The summed E-state index contributed by atoms with van der Waals surface area (Å²) in [7, 11) is -0.707. The summed E-state index contributed by atoms with van der Waals surface area (Å²) < 4.78 is 11.2. The van der Waals surface area contributed by atoms with E-state index >= 15 is 0 Å². The summed E-state index contributed by atoms with van der Waals surface area (Å²) in [5, 5.41) is 3.71. The van der Waals surface area contributed by atoms with Gasteiger partial charge in [0, 0.05) is 28.9 Å². The van der Waals surface area contributed by atoms with Crippen molar-refractivity contribution >= 4 is 10.8 Å². The maximum absolute atomic E-state index is 11.2. The summed E-state index contributed by atoms with van der Waals surface area (Å²) in [6.07, 6.45) is 2.74. The first-order chi connectivity index (χ1) is 8.02. The van der Waals surface area contributed by atoms with E-state index in [4.69, 9.17) is 0 Å². The average molecular weight is 253 g/mol. The Balaban J connectivity index is 2.39. The van der Waals surface area contributed by atoms with Crippen molar-refractivity contribution in [2.24, 2.45) is 0 Å². The van der Waals surface area contributed by atoms with Crippen molar-refractivity contribution in [1.82, 2.24) is 5.32 Å². The summed E-state index contributed by atoms with van der Waals surface area (Å²) in [6.45, 7) is 8.16. The van der Waals surface area contributed by atoms with Gasteiger partial charge in [-0.1, -0.05) is 25.1 Å². The highest BCUT2D eigenvalue weighted by molar-refractivity contribution is 7.84. The number of aryl methyl sites for hydroxylation is 2. The molecule has 0 spiro atoms. The first kappa shape index (κ1) is 14.4. The Morgan fingerprint density at radius 1 is 1.29 bits per heavy atom. The lowest BCUT2D eigenvalue weighted by atomic mass is 10.0. The number of benzene rings is 1. The summed E-state index contributed by atoms with van der Waals surface area (Å²) in [5.41, 5.74) is 4.06. The highest BCUT2D eigenvalue weighted by Gasteiger charge is 2.06. The third-order valence-electron chi connectivity index (χ3n) is 3.24. The fourth-order valence-corrected chi connectivity index (χ4v) is 2.26. The molecule has 0 aliphatic heterocycles. The first-order valence-corrected chi connectivity index (χ1v) is 7.72. The van der Waals surface area contributed by atoms with Crippen LogP contribution in [0.3, 0.4) is 0 Å². The summed E-state index contributed by atoms with van der Waals surface area (Å²) in [5.74, 6) is 0. The maximum Gasteiger partial charge on any atom is 0.0329 e. The second-order valence-electron chi connectivity index (χ2n) is 4.65. The van der Waals surface area contributed by atoms with Gasteiger partial charge in [-0.2, -0.15) is 0 Å². The van der Waals surface area contributed by atoms with Crippen LogP contribution in [-0.2, 0) is 17.3 Å². The van der Waals surface area contributed by atoms with Crippen LogP contribution in [0.5, 0.6) is 0 Å². The molecule has 1 rings (SSSR count). The Kier molecular flexibility index (Phi) is 5.86. The molecule has 96 valence electrons. The van der Waals surface area contributed by atoms with Gasteiger partial charge < -0.3 is 5.32 Å². The molecular weight excluding hydrogens is 230 g/mol. The van der Waals surface area contributed by atoms with E-state index in [0.29, 0.717) is 0 Å². The SMILES string of the molecule is Cc1cccc(C)c1CNCCC(C)S(C)=O. The predicted octanol–water partition coefficient (Wildman–Crippen LogP) is 2.55. The van der Waals surface area contributed by atoms with Crippen LogP contribution >= 0.6 is 0 Å². The topological polar surface area (TPSA) is 29.1 Å². The molecule has 0 bridgehead atoms. The number of rotatable bonds is 6. The molecule has 2 unspecified atom stereocenters. The summed E-state index contributed by atoms with van der Waals surface area (Å²) in [6, 6.07) is 6.39. The molecular formula is C14H23NOS. The molecule has 2 nitrogen and oxygen atoms in total. The molecule has 0 saturated carbocycles. The van der Waals surface area contributed by atoms with Crippen LogP contribution in [-0.4, -0.2) is 22.3 Å². The Morgan fingerprint density at radius 3 is 2.41 bits per heavy atom. The molecule has 0 aliphatic carbocycles. The van der Waals surface area contributed by atoms with E-state index in [2.05, 4.69) is 37.4 Å². The molecule has 0 aliphatic rings. The molecule has 3 heteroatoms. The van der Waals surface area contributed by atoms with Gasteiger partial charge in [0.2, 0.25) is 0 Å². The Hall–Kier alpha value is -0.670. The van der Waals surface area contributed by atoms with Crippen LogP contribution in [0.25, 0.3) is 0 Å². The standard InChI is InChI=1S/C14H23NOS/c1-11-6-5-7-12(2)14(11)10-15-9-8-13(3)17(4)16/h5-7,13,15H,8-10H2,1-4H3. The summed E-state index contributed by atoms with van der Waals surface area (Å²) in [4.78, 5) is 0. The van der Waals surface area contributed by atoms with Gasteiger partial charge in [0.05, 0.1) is 0 Å². The fourth-order valence-electron chi connectivity index (χ4n) is 1.81. The predicted molar refractivity (Wildman–Crippen MR) is 75.8 cm³/mol. The van der Waals surface area contributed by atoms with E-state index in [0.717, 1.165) is 19.5 Å². The molecule has 1 N–H and O–H groups in total. The Morgan fingerprint density at radius 2 is 1.88 bits per heavy atom. The lowest BCUT2D eigenvalue weighted by molar-refractivity contribution is 0.627. The van der Waals surface area contributed by atoms with Crippen LogP contribution < -0.4 is 5.32 Å². The monoisotopic (exact) mass is 253 g/mol. The van der Waals surface area contributed by atoms with Crippen molar-refractivity contribution in [1.29, 1.82) is 0 Å². The first-order valence-electron chi connectivity index (χ1n) is 6.10. The van der Waals surface area contributed by atoms with Crippen LogP contribution in [0.15, 0.2) is 18.2 Å². The second kappa shape index (κ2) is 6.92. The van der Waals surface area contributed by atoms with Crippen molar-refractivity contribution in [2.75, 3.05) is 12.8 Å². The molecule has 0 saturated heterocycles.